The van der Waals surface area contributed by atoms with Crippen LogP contribution in [0.3, 0.4) is 0 Å². The van der Waals surface area contributed by atoms with Gasteiger partial charge in [0.15, 0.2) is 0 Å². The van der Waals surface area contributed by atoms with Crippen molar-refractivity contribution in [3.8, 4) is 0 Å². The summed E-state index contributed by atoms with van der Waals surface area (Å²) in [6, 6.07) is 9.37. The molecule has 1 aromatic heterocycles. The highest BCUT2D eigenvalue weighted by atomic mass is 16.6. The first-order valence-electron chi connectivity index (χ1n) is 8.13. The molecule has 1 aliphatic carbocycles. The molecule has 3 rings (SSSR count). The van der Waals surface area contributed by atoms with Crippen LogP contribution >= 0.6 is 0 Å². The minimum atomic E-state index is -0.728. The highest BCUT2D eigenvalue weighted by Gasteiger charge is 2.32. The van der Waals surface area contributed by atoms with Gasteiger partial charge in [-0.25, -0.2) is 0 Å². The van der Waals surface area contributed by atoms with Gasteiger partial charge in [-0.3, -0.25) is 19.7 Å². The van der Waals surface area contributed by atoms with Crippen LogP contribution in [0.25, 0.3) is 0 Å². The number of aromatic nitrogens is 1. The van der Waals surface area contributed by atoms with Crippen LogP contribution in [0.1, 0.15) is 24.0 Å². The largest absolute Gasteiger partial charge is 0.339 e. The monoisotopic (exact) mass is 341 g/mol. The van der Waals surface area contributed by atoms with Gasteiger partial charge in [-0.05, 0) is 25.3 Å². The highest BCUT2D eigenvalue weighted by Crippen LogP contribution is 2.28. The lowest BCUT2D eigenvalue weighted by Gasteiger charge is -2.23. The van der Waals surface area contributed by atoms with Gasteiger partial charge in [-0.2, -0.15) is 0 Å². The molecule has 0 bridgehead atoms. The fourth-order valence-corrected chi connectivity index (χ4v) is 2.69. The van der Waals surface area contributed by atoms with Crippen LogP contribution in [0.4, 0.5) is 5.69 Å². The van der Waals surface area contributed by atoms with E-state index in [2.05, 4.69) is 0 Å². The topological polar surface area (TPSA) is 85.5 Å². The summed E-state index contributed by atoms with van der Waals surface area (Å²) < 4.78 is 1.40. The second-order valence-corrected chi connectivity index (χ2v) is 6.36. The standard InChI is InChI=1S/C18H19N3O4/c1-13-2-4-14(5-3-13)10-20(15-6-7-15)18(23)12-19-9-8-17(22)16(11-19)21(24)25/h2-5,8-9,11,15H,6-7,10,12H2,1H3. The first kappa shape index (κ1) is 16.9. The molecular weight excluding hydrogens is 322 g/mol. The van der Waals surface area contributed by atoms with Crippen LogP contribution in [-0.4, -0.2) is 26.3 Å². The number of nitro groups is 1. The number of amides is 1. The third kappa shape index (κ3) is 4.12. The molecule has 1 aliphatic rings. The molecule has 1 amide bonds. The van der Waals surface area contributed by atoms with Gasteiger partial charge < -0.3 is 9.47 Å². The second-order valence-electron chi connectivity index (χ2n) is 6.36. The van der Waals surface area contributed by atoms with Crippen molar-refractivity contribution in [2.24, 2.45) is 0 Å². The van der Waals surface area contributed by atoms with Gasteiger partial charge in [-0.15, -0.1) is 0 Å². The first-order chi connectivity index (χ1) is 11.9. The molecule has 2 aromatic rings. The molecule has 1 fully saturated rings. The Hall–Kier alpha value is -2.96. The van der Waals surface area contributed by atoms with Gasteiger partial charge in [-0.1, -0.05) is 29.8 Å². The molecule has 0 unspecified atom stereocenters. The van der Waals surface area contributed by atoms with Crippen molar-refractivity contribution in [2.45, 2.75) is 38.9 Å². The van der Waals surface area contributed by atoms with Crippen LogP contribution in [0.2, 0.25) is 0 Å². The summed E-state index contributed by atoms with van der Waals surface area (Å²) in [5.41, 5.74) is 1.03. The predicted molar refractivity (Wildman–Crippen MR) is 92.1 cm³/mol. The summed E-state index contributed by atoms with van der Waals surface area (Å²) in [4.78, 5) is 36.1. The van der Waals surface area contributed by atoms with E-state index in [1.807, 2.05) is 36.1 Å². The van der Waals surface area contributed by atoms with E-state index < -0.39 is 16.0 Å². The van der Waals surface area contributed by atoms with Crippen LogP contribution in [-0.2, 0) is 17.9 Å². The van der Waals surface area contributed by atoms with Gasteiger partial charge in [0.2, 0.25) is 5.91 Å². The summed E-state index contributed by atoms with van der Waals surface area (Å²) >= 11 is 0. The molecule has 7 nitrogen and oxygen atoms in total. The van der Waals surface area contributed by atoms with Gasteiger partial charge >= 0.3 is 5.69 Å². The van der Waals surface area contributed by atoms with Crippen molar-refractivity contribution in [1.82, 2.24) is 9.47 Å². The van der Waals surface area contributed by atoms with Crippen molar-refractivity contribution in [3.63, 3.8) is 0 Å². The maximum Gasteiger partial charge on any atom is 0.332 e. The normalized spacial score (nSPS) is 13.5. The van der Waals surface area contributed by atoms with E-state index in [9.17, 15) is 19.7 Å². The molecule has 130 valence electrons. The average molecular weight is 341 g/mol. The van der Waals surface area contributed by atoms with Crippen molar-refractivity contribution in [2.75, 3.05) is 0 Å². The SMILES string of the molecule is Cc1ccc(CN(C(=O)Cn2ccc(=O)c([N+](=O)[O-])c2)C2CC2)cc1. The average Bonchev–Trinajstić information content (AvgIpc) is 3.40. The van der Waals surface area contributed by atoms with Crippen LogP contribution in [0, 0.1) is 17.0 Å². The summed E-state index contributed by atoms with van der Waals surface area (Å²) in [5, 5.41) is 10.9. The fourth-order valence-electron chi connectivity index (χ4n) is 2.69. The summed E-state index contributed by atoms with van der Waals surface area (Å²) in [6.45, 7) is 2.51. The fraction of sp³-hybridized carbons (Fsp3) is 0.333. The Labute approximate surface area is 144 Å². The Kier molecular flexibility index (Phi) is 4.65. The number of carbonyl (C=O) groups is 1. The molecule has 0 N–H and O–H groups in total. The lowest BCUT2D eigenvalue weighted by atomic mass is 10.1. The van der Waals surface area contributed by atoms with E-state index in [-0.39, 0.29) is 18.5 Å². The molecule has 0 spiro atoms. The number of carbonyl (C=O) groups excluding carboxylic acids is 1. The first-order valence-corrected chi connectivity index (χ1v) is 8.13. The van der Waals surface area contributed by atoms with E-state index in [1.54, 1.807) is 0 Å². The van der Waals surface area contributed by atoms with Crippen LogP contribution < -0.4 is 5.43 Å². The van der Waals surface area contributed by atoms with Crippen molar-refractivity contribution < 1.29 is 9.72 Å². The third-order valence-corrected chi connectivity index (χ3v) is 4.25. The van der Waals surface area contributed by atoms with E-state index in [0.29, 0.717) is 6.54 Å². The Balaban J connectivity index is 1.75. The number of rotatable bonds is 6. The number of nitrogens with zero attached hydrogens (tertiary/aromatic N) is 3. The Morgan fingerprint density at radius 1 is 1.28 bits per heavy atom. The molecule has 0 atom stereocenters. The quantitative estimate of drug-likeness (QED) is 0.596. The zero-order valence-electron chi connectivity index (χ0n) is 13.9. The predicted octanol–water partition coefficient (Wildman–Crippen LogP) is 2.26. The lowest BCUT2D eigenvalue weighted by Crippen LogP contribution is -2.35. The summed E-state index contributed by atoms with van der Waals surface area (Å²) in [7, 11) is 0. The zero-order chi connectivity index (χ0) is 18.0. The molecule has 0 radical (unpaired) electrons. The highest BCUT2D eigenvalue weighted by molar-refractivity contribution is 5.76. The van der Waals surface area contributed by atoms with Crippen molar-refractivity contribution >= 4 is 11.6 Å². The molecule has 1 saturated carbocycles. The maximum absolute atomic E-state index is 12.7. The number of aryl methyl sites for hydroxylation is 1. The van der Waals surface area contributed by atoms with Gasteiger partial charge in [0, 0.05) is 24.8 Å². The number of pyridine rings is 1. The Bertz CT molecular complexity index is 853. The van der Waals surface area contributed by atoms with Crippen molar-refractivity contribution in [1.29, 1.82) is 0 Å². The zero-order valence-corrected chi connectivity index (χ0v) is 13.9. The number of benzene rings is 1. The smallest absolute Gasteiger partial charge is 0.332 e. The molecule has 1 heterocycles. The molecular formula is C18H19N3O4. The molecule has 25 heavy (non-hydrogen) atoms. The minimum Gasteiger partial charge on any atom is -0.339 e. The molecule has 1 aromatic carbocycles. The molecule has 0 saturated heterocycles. The Morgan fingerprint density at radius 3 is 2.56 bits per heavy atom. The van der Waals surface area contributed by atoms with E-state index >= 15 is 0 Å². The lowest BCUT2D eigenvalue weighted by molar-refractivity contribution is -0.386. The number of hydrogen-bond donors (Lipinski definition) is 0. The van der Waals surface area contributed by atoms with Crippen LogP contribution in [0.15, 0.2) is 47.5 Å². The third-order valence-electron chi connectivity index (χ3n) is 4.25. The molecule has 7 heteroatoms. The molecule has 0 aliphatic heterocycles. The summed E-state index contributed by atoms with van der Waals surface area (Å²) in [6.07, 6.45) is 4.48. The van der Waals surface area contributed by atoms with Gasteiger partial charge in [0.05, 0.1) is 11.1 Å². The van der Waals surface area contributed by atoms with Gasteiger partial charge in [0.1, 0.15) is 6.54 Å². The summed E-state index contributed by atoms with van der Waals surface area (Å²) in [5.74, 6) is -0.110. The van der Waals surface area contributed by atoms with Gasteiger partial charge in [0.25, 0.3) is 5.43 Å². The van der Waals surface area contributed by atoms with E-state index in [1.165, 1.54) is 10.8 Å². The second kappa shape index (κ2) is 6.88. The minimum absolute atomic E-state index is 0.0243. The van der Waals surface area contributed by atoms with Crippen molar-refractivity contribution in [3.05, 3.63) is 74.2 Å². The Morgan fingerprint density at radius 2 is 1.96 bits per heavy atom. The number of hydrogen-bond acceptors (Lipinski definition) is 4. The van der Waals surface area contributed by atoms with Crippen LogP contribution in [0.5, 0.6) is 0 Å². The van der Waals surface area contributed by atoms with E-state index in [4.69, 9.17) is 0 Å². The van der Waals surface area contributed by atoms with E-state index in [0.717, 1.165) is 36.2 Å². The maximum atomic E-state index is 12.7.